The molecule has 4 nitrogen and oxygen atoms in total. The maximum atomic E-state index is 12.8. The minimum Gasteiger partial charge on any atom is -0.361 e. The average molecular weight is 530 g/mol. The fourth-order valence-electron chi connectivity index (χ4n) is 7.12. The average Bonchev–Trinajstić information content (AvgIpc) is 3.52. The Kier molecular flexibility index (Phi) is 6.37. The number of allylic oxidation sites excluding steroid dienone is 5. The minimum atomic E-state index is -0.0754. The number of hydrogen-bond donors (Lipinski definition) is 1. The number of likely N-dealkylation sites (tertiary alicyclic amines) is 1. The van der Waals surface area contributed by atoms with E-state index < -0.39 is 0 Å². The van der Waals surface area contributed by atoms with Gasteiger partial charge in [0.15, 0.2) is 0 Å². The van der Waals surface area contributed by atoms with Crippen LogP contribution in [0.15, 0.2) is 94.8 Å². The van der Waals surface area contributed by atoms with Gasteiger partial charge in [-0.05, 0) is 104 Å². The molecule has 40 heavy (non-hydrogen) atoms. The fourth-order valence-corrected chi connectivity index (χ4v) is 7.12. The van der Waals surface area contributed by atoms with Gasteiger partial charge in [0.25, 0.3) is 0 Å². The number of amides is 1. The van der Waals surface area contributed by atoms with Crippen LogP contribution in [0.3, 0.4) is 0 Å². The van der Waals surface area contributed by atoms with Gasteiger partial charge in [0.2, 0.25) is 5.91 Å². The van der Waals surface area contributed by atoms with Crippen LogP contribution in [0.5, 0.6) is 0 Å². The predicted octanol–water partition coefficient (Wildman–Crippen LogP) is 8.23. The number of nitrogens with one attached hydrogen (secondary N) is 1. The lowest BCUT2D eigenvalue weighted by atomic mass is 9.68. The van der Waals surface area contributed by atoms with E-state index in [9.17, 15) is 4.79 Å². The van der Waals surface area contributed by atoms with Gasteiger partial charge in [-0.1, -0.05) is 61.0 Å². The van der Waals surface area contributed by atoms with E-state index in [4.69, 9.17) is 4.99 Å². The molecule has 1 amide bonds. The summed E-state index contributed by atoms with van der Waals surface area (Å²) in [7, 11) is 0. The lowest BCUT2D eigenvalue weighted by molar-refractivity contribution is -0.131. The second-order valence-corrected chi connectivity index (χ2v) is 12.8. The molecule has 0 spiro atoms. The Labute approximate surface area is 237 Å². The second kappa shape index (κ2) is 10.1. The lowest BCUT2D eigenvalue weighted by Gasteiger charge is -2.39. The number of aromatic nitrogens is 1. The molecule has 0 radical (unpaired) electrons. The van der Waals surface area contributed by atoms with Crippen molar-refractivity contribution >= 4 is 22.5 Å². The molecular formula is C36H39N3O. The van der Waals surface area contributed by atoms with Crippen molar-refractivity contribution in [3.63, 3.8) is 0 Å². The Bertz CT molecular complexity index is 1580. The fraction of sp³-hybridized carbons (Fsp3) is 0.389. The molecule has 7 rings (SSSR count). The molecule has 2 unspecified atom stereocenters. The summed E-state index contributed by atoms with van der Waals surface area (Å²) < 4.78 is 0. The van der Waals surface area contributed by atoms with E-state index in [1.165, 1.54) is 38.9 Å². The van der Waals surface area contributed by atoms with Gasteiger partial charge in [0, 0.05) is 36.1 Å². The maximum absolute atomic E-state index is 12.8. The van der Waals surface area contributed by atoms with Gasteiger partial charge in [0.05, 0.1) is 11.4 Å². The zero-order valence-electron chi connectivity index (χ0n) is 23.7. The van der Waals surface area contributed by atoms with Crippen LogP contribution in [0.1, 0.15) is 64.4 Å². The Morgan fingerprint density at radius 1 is 1.00 bits per heavy atom. The zero-order valence-corrected chi connectivity index (χ0v) is 23.7. The molecule has 3 heterocycles. The van der Waals surface area contributed by atoms with E-state index in [0.717, 1.165) is 69.2 Å². The van der Waals surface area contributed by atoms with Crippen molar-refractivity contribution in [2.24, 2.45) is 22.2 Å². The van der Waals surface area contributed by atoms with Gasteiger partial charge >= 0.3 is 0 Å². The number of hydrogen-bond acceptors (Lipinski definition) is 2. The van der Waals surface area contributed by atoms with Crippen LogP contribution in [0.2, 0.25) is 0 Å². The summed E-state index contributed by atoms with van der Waals surface area (Å²) >= 11 is 0. The van der Waals surface area contributed by atoms with E-state index in [2.05, 4.69) is 90.5 Å². The third-order valence-corrected chi connectivity index (χ3v) is 9.41. The van der Waals surface area contributed by atoms with Gasteiger partial charge in [-0.15, -0.1) is 0 Å². The van der Waals surface area contributed by atoms with Crippen LogP contribution in [0, 0.1) is 17.3 Å². The Morgan fingerprint density at radius 3 is 2.60 bits per heavy atom. The smallest absolute Gasteiger partial charge is 0.225 e. The number of rotatable bonds is 5. The van der Waals surface area contributed by atoms with Crippen LogP contribution in [-0.4, -0.2) is 34.6 Å². The molecular weight excluding hydrogens is 490 g/mol. The highest BCUT2D eigenvalue weighted by atomic mass is 16.2. The van der Waals surface area contributed by atoms with Gasteiger partial charge in [0.1, 0.15) is 0 Å². The largest absolute Gasteiger partial charge is 0.361 e. The van der Waals surface area contributed by atoms with Gasteiger partial charge < -0.3 is 9.88 Å². The molecule has 2 atom stereocenters. The monoisotopic (exact) mass is 529 g/mol. The molecule has 0 bridgehead atoms. The highest BCUT2D eigenvalue weighted by Crippen LogP contribution is 2.46. The first-order valence-corrected chi connectivity index (χ1v) is 15.1. The summed E-state index contributed by atoms with van der Waals surface area (Å²) in [6.45, 7) is 6.43. The van der Waals surface area contributed by atoms with Crippen molar-refractivity contribution in [1.82, 2.24) is 9.88 Å². The van der Waals surface area contributed by atoms with Gasteiger partial charge in [-0.2, -0.15) is 0 Å². The number of nitrogens with zero attached hydrogens (tertiary/aromatic N) is 2. The van der Waals surface area contributed by atoms with Crippen LogP contribution in [-0.2, 0) is 4.79 Å². The molecule has 204 valence electrons. The number of fused-ring (bicyclic) bond motifs is 2. The topological polar surface area (TPSA) is 48.5 Å². The summed E-state index contributed by atoms with van der Waals surface area (Å²) in [6, 6.07) is 17.8. The molecule has 2 fully saturated rings. The molecule has 2 aliphatic carbocycles. The van der Waals surface area contributed by atoms with Crippen molar-refractivity contribution in [3.8, 4) is 11.1 Å². The maximum Gasteiger partial charge on any atom is 0.225 e. The van der Waals surface area contributed by atoms with Crippen LogP contribution < -0.4 is 0 Å². The van der Waals surface area contributed by atoms with Gasteiger partial charge in [-0.3, -0.25) is 9.79 Å². The number of carbonyl (C=O) groups excluding carboxylic acids is 1. The second-order valence-electron chi connectivity index (χ2n) is 12.8. The zero-order chi connectivity index (χ0) is 27.3. The summed E-state index contributed by atoms with van der Waals surface area (Å²) in [5.74, 6) is 1.22. The molecule has 3 aromatic rings. The first kappa shape index (κ1) is 25.3. The number of benzene rings is 2. The van der Waals surface area contributed by atoms with E-state index in [1.807, 2.05) is 6.20 Å². The quantitative estimate of drug-likeness (QED) is 0.355. The Morgan fingerprint density at radius 2 is 1.77 bits per heavy atom. The van der Waals surface area contributed by atoms with Crippen molar-refractivity contribution in [2.45, 2.75) is 58.8 Å². The van der Waals surface area contributed by atoms with E-state index in [1.54, 1.807) is 0 Å². The first-order chi connectivity index (χ1) is 19.4. The predicted molar refractivity (Wildman–Crippen MR) is 164 cm³/mol. The van der Waals surface area contributed by atoms with E-state index in [-0.39, 0.29) is 5.41 Å². The highest BCUT2D eigenvalue weighted by molar-refractivity contribution is 6.06. The first-order valence-electron chi connectivity index (χ1n) is 15.1. The van der Waals surface area contributed by atoms with Crippen molar-refractivity contribution in [3.05, 3.63) is 95.4 Å². The number of carbonyl (C=O) groups is 1. The molecule has 4 aliphatic rings. The van der Waals surface area contributed by atoms with Crippen molar-refractivity contribution in [1.29, 1.82) is 0 Å². The third kappa shape index (κ3) is 4.89. The summed E-state index contributed by atoms with van der Waals surface area (Å²) in [5.41, 5.74) is 9.74. The molecule has 1 saturated heterocycles. The molecule has 2 aliphatic heterocycles. The van der Waals surface area contributed by atoms with E-state index in [0.29, 0.717) is 17.7 Å². The van der Waals surface area contributed by atoms with Crippen LogP contribution >= 0.6 is 0 Å². The Hall–Kier alpha value is -3.66. The van der Waals surface area contributed by atoms with Crippen LogP contribution in [0.4, 0.5) is 0 Å². The molecule has 1 aromatic heterocycles. The summed E-state index contributed by atoms with van der Waals surface area (Å²) in [6.07, 6.45) is 16.5. The molecule has 2 aromatic carbocycles. The van der Waals surface area contributed by atoms with Crippen LogP contribution in [0.25, 0.3) is 22.0 Å². The number of aromatic amines is 1. The summed E-state index contributed by atoms with van der Waals surface area (Å²) in [4.78, 5) is 23.7. The van der Waals surface area contributed by atoms with Crippen molar-refractivity contribution in [2.75, 3.05) is 13.1 Å². The molecule has 4 heteroatoms. The normalized spacial score (nSPS) is 24.9. The van der Waals surface area contributed by atoms with E-state index >= 15 is 0 Å². The minimum absolute atomic E-state index is 0.0754. The van der Waals surface area contributed by atoms with Crippen molar-refractivity contribution < 1.29 is 4.79 Å². The highest BCUT2D eigenvalue weighted by Gasteiger charge is 2.42. The SMILES string of the molecule is CC1=CCCC=C2CC(C)(CC3CCN(C(=O)C4CC4)C3)C(c3ccc(-c4ccc5cc[nH]c5c4)cc3)=NC2=C1. The third-order valence-electron chi connectivity index (χ3n) is 9.41. The lowest BCUT2D eigenvalue weighted by Crippen LogP contribution is -2.36. The number of H-pyrrole nitrogens is 1. The van der Waals surface area contributed by atoms with Gasteiger partial charge in [-0.25, -0.2) is 0 Å². The molecule has 1 N–H and O–H groups in total. The standard InChI is InChI=1S/C36H39N3O/c1-24-5-3-4-6-31-22-36(2,21-25-16-18-39(23-25)35(40)29-12-13-29)34(38-33(31)19-24)28-10-7-26(8-11-28)30-14-9-27-15-17-37-32(27)20-30/h5-11,14-15,17,19-20,25,29,37H,3-4,12-13,16,18,21-23H2,1-2H3. The molecule has 1 saturated carbocycles. The number of aliphatic imine (C=N–C) groups is 1. The Balaban J connectivity index is 1.22. The summed E-state index contributed by atoms with van der Waals surface area (Å²) in [5, 5.41) is 1.23.